The van der Waals surface area contributed by atoms with Crippen molar-refractivity contribution < 1.29 is 4.42 Å². The molecule has 0 fully saturated rings. The van der Waals surface area contributed by atoms with Gasteiger partial charge in [0.25, 0.3) is 0 Å². The third-order valence-electron chi connectivity index (χ3n) is 11.4. The van der Waals surface area contributed by atoms with Crippen LogP contribution in [0.25, 0.3) is 97.6 Å². The normalized spacial score (nSPS) is 11.7. The number of para-hydroxylation sites is 2. The first kappa shape index (κ1) is 33.5. The minimum absolute atomic E-state index is 0.649. The third-order valence-corrected chi connectivity index (χ3v) is 12.6. The van der Waals surface area contributed by atoms with Crippen molar-refractivity contribution in [3.63, 3.8) is 0 Å². The van der Waals surface area contributed by atoms with Crippen molar-refractivity contribution in [2.45, 2.75) is 0 Å². The fourth-order valence-electron chi connectivity index (χ4n) is 8.67. The molecule has 3 heterocycles. The summed E-state index contributed by atoms with van der Waals surface area (Å²) in [6.07, 6.45) is 0. The molecule has 4 nitrogen and oxygen atoms in total. The first-order chi connectivity index (χ1) is 29.2. The molecule has 0 saturated heterocycles. The molecule has 0 unspecified atom stereocenters. The Bertz CT molecular complexity index is 3590. The lowest BCUT2D eigenvalue weighted by atomic mass is 9.99. The van der Waals surface area contributed by atoms with E-state index in [1.807, 2.05) is 35.6 Å². The molecular weight excluding hydrogens is 739 g/mol. The summed E-state index contributed by atoms with van der Waals surface area (Å²) in [5.74, 6) is 0.649. The van der Waals surface area contributed by atoms with Gasteiger partial charge in [0, 0.05) is 58.8 Å². The molecule has 3 aromatic heterocycles. The van der Waals surface area contributed by atoms with Crippen LogP contribution in [0.5, 0.6) is 0 Å². The van der Waals surface area contributed by atoms with Gasteiger partial charge in [0.15, 0.2) is 11.4 Å². The Hall–Kier alpha value is -7.60. The van der Waals surface area contributed by atoms with E-state index in [-0.39, 0.29) is 0 Å². The maximum Gasteiger partial charge on any atom is 0.161 e. The van der Waals surface area contributed by atoms with E-state index in [0.717, 1.165) is 77.9 Å². The molecule has 0 amide bonds. The van der Waals surface area contributed by atoms with E-state index in [2.05, 4.69) is 181 Å². The molecule has 0 aliphatic rings. The number of thiophene rings is 1. The average Bonchev–Trinajstić information content (AvgIpc) is 3.88. The topological polar surface area (TPSA) is 42.2 Å². The van der Waals surface area contributed by atoms with E-state index < -0.39 is 0 Å². The molecule has 12 rings (SSSR count). The Labute approximate surface area is 343 Å². The number of nitrogens with zero attached hydrogens (tertiary/aromatic N) is 3. The van der Waals surface area contributed by atoms with Crippen LogP contribution in [0, 0.1) is 0 Å². The number of hydrogen-bond donors (Lipinski definition) is 0. The van der Waals surface area contributed by atoms with E-state index in [1.54, 1.807) is 0 Å². The number of benzene rings is 9. The van der Waals surface area contributed by atoms with Gasteiger partial charge in [0.1, 0.15) is 5.58 Å². The monoisotopic (exact) mass is 771 g/mol. The molecule has 0 saturated carbocycles. The second-order valence-electron chi connectivity index (χ2n) is 14.9. The van der Waals surface area contributed by atoms with Gasteiger partial charge in [-0.1, -0.05) is 140 Å². The molecule has 0 bridgehead atoms. The number of furan rings is 1. The molecule has 276 valence electrons. The molecular formula is C54H33N3OS. The first-order valence-corrected chi connectivity index (χ1v) is 20.6. The van der Waals surface area contributed by atoms with Crippen LogP contribution in [0.15, 0.2) is 205 Å². The molecule has 9 aromatic carbocycles. The number of hydrogen-bond acceptors (Lipinski definition) is 5. The first-order valence-electron chi connectivity index (χ1n) is 19.8. The minimum Gasteiger partial charge on any atom is -0.454 e. The molecule has 0 aliphatic heterocycles. The summed E-state index contributed by atoms with van der Waals surface area (Å²) in [6, 6.07) is 70.8. The maximum atomic E-state index is 6.97. The van der Waals surface area contributed by atoms with Crippen LogP contribution in [-0.2, 0) is 0 Å². The highest BCUT2D eigenvalue weighted by Gasteiger charge is 2.24. The number of anilines is 3. The van der Waals surface area contributed by atoms with Crippen LogP contribution < -0.4 is 4.90 Å². The lowest BCUT2D eigenvalue weighted by molar-refractivity contribution is 0.669. The van der Waals surface area contributed by atoms with Crippen LogP contribution in [-0.4, -0.2) is 9.97 Å². The van der Waals surface area contributed by atoms with Crippen molar-refractivity contribution in [3.8, 4) is 33.8 Å². The second kappa shape index (κ2) is 13.5. The lowest BCUT2D eigenvalue weighted by Gasteiger charge is -2.26. The molecule has 0 atom stereocenters. The van der Waals surface area contributed by atoms with E-state index in [4.69, 9.17) is 14.4 Å². The van der Waals surface area contributed by atoms with Crippen molar-refractivity contribution >= 4 is 92.2 Å². The minimum atomic E-state index is 0.649. The van der Waals surface area contributed by atoms with E-state index >= 15 is 0 Å². The van der Waals surface area contributed by atoms with Crippen LogP contribution in [0.4, 0.5) is 17.1 Å². The third kappa shape index (κ3) is 5.58. The molecule has 12 aromatic rings. The van der Waals surface area contributed by atoms with Gasteiger partial charge in [0.05, 0.1) is 16.9 Å². The lowest BCUT2D eigenvalue weighted by Crippen LogP contribution is -2.10. The Morgan fingerprint density at radius 1 is 0.441 bits per heavy atom. The summed E-state index contributed by atoms with van der Waals surface area (Å²) < 4.78 is 9.48. The summed E-state index contributed by atoms with van der Waals surface area (Å²) in [5.41, 5.74) is 10.7. The zero-order valence-electron chi connectivity index (χ0n) is 31.7. The van der Waals surface area contributed by atoms with Gasteiger partial charge < -0.3 is 9.32 Å². The largest absolute Gasteiger partial charge is 0.454 e. The van der Waals surface area contributed by atoms with Crippen LogP contribution in [0.3, 0.4) is 0 Å². The molecule has 5 heteroatoms. The summed E-state index contributed by atoms with van der Waals surface area (Å²) in [4.78, 5) is 13.0. The van der Waals surface area contributed by atoms with Crippen LogP contribution in [0.2, 0.25) is 0 Å². The highest BCUT2D eigenvalue weighted by Crippen LogP contribution is 2.47. The van der Waals surface area contributed by atoms with Crippen molar-refractivity contribution in [2.24, 2.45) is 0 Å². The summed E-state index contributed by atoms with van der Waals surface area (Å²) >= 11 is 1.83. The zero-order chi connectivity index (χ0) is 38.9. The Balaban J connectivity index is 1.10. The van der Waals surface area contributed by atoms with Crippen molar-refractivity contribution in [2.75, 3.05) is 4.90 Å². The fourth-order valence-corrected chi connectivity index (χ4v) is 9.81. The van der Waals surface area contributed by atoms with Crippen LogP contribution >= 0.6 is 11.3 Å². The quantitative estimate of drug-likeness (QED) is 0.169. The SMILES string of the molecule is c1ccc(-c2cccc(-c3nc(-c4ccc(N(c5ccc6ccccc6c5)c5ccc6c(c5)sc5ccccc56)c5oc6ccccc6c45)nc4ccccc34)c2)cc1. The number of aromatic nitrogens is 2. The predicted molar refractivity (Wildman–Crippen MR) is 248 cm³/mol. The van der Waals surface area contributed by atoms with Crippen molar-refractivity contribution in [1.29, 1.82) is 0 Å². The molecule has 0 spiro atoms. The zero-order valence-corrected chi connectivity index (χ0v) is 32.5. The highest BCUT2D eigenvalue weighted by molar-refractivity contribution is 7.25. The summed E-state index contributed by atoms with van der Waals surface area (Å²) in [7, 11) is 0. The molecule has 0 N–H and O–H groups in total. The summed E-state index contributed by atoms with van der Waals surface area (Å²) in [6.45, 7) is 0. The highest BCUT2D eigenvalue weighted by atomic mass is 32.1. The van der Waals surface area contributed by atoms with Gasteiger partial charge >= 0.3 is 0 Å². The van der Waals surface area contributed by atoms with Gasteiger partial charge in [-0.15, -0.1) is 11.3 Å². The van der Waals surface area contributed by atoms with E-state index in [1.165, 1.54) is 30.9 Å². The fraction of sp³-hybridized carbons (Fsp3) is 0. The standard InChI is InChI=1S/C54H33N3OS/c1-2-13-34(14-3-1)36-17-12-18-38(31-36)52-43-20-6-9-22-46(43)55-54(56-52)45-29-30-47(53-51(45)44-21-7-10-23-48(44)58-53)57(39-26-25-35-15-4-5-16-37(35)32-39)40-27-28-42-41-19-8-11-24-49(41)59-50(42)33-40/h1-33H. The summed E-state index contributed by atoms with van der Waals surface area (Å²) in [5, 5.41) is 7.90. The van der Waals surface area contributed by atoms with Gasteiger partial charge in [0.2, 0.25) is 0 Å². The van der Waals surface area contributed by atoms with E-state index in [9.17, 15) is 0 Å². The van der Waals surface area contributed by atoms with Gasteiger partial charge in [-0.2, -0.15) is 0 Å². The van der Waals surface area contributed by atoms with Crippen molar-refractivity contribution in [3.05, 3.63) is 200 Å². The number of rotatable bonds is 6. The van der Waals surface area contributed by atoms with E-state index in [0.29, 0.717) is 5.82 Å². The Morgan fingerprint density at radius 2 is 1.14 bits per heavy atom. The number of fused-ring (bicyclic) bond motifs is 8. The smallest absolute Gasteiger partial charge is 0.161 e. The Morgan fingerprint density at radius 3 is 2.05 bits per heavy atom. The second-order valence-corrected chi connectivity index (χ2v) is 16.0. The molecule has 0 radical (unpaired) electrons. The molecule has 59 heavy (non-hydrogen) atoms. The van der Waals surface area contributed by atoms with Gasteiger partial charge in [-0.05, 0) is 82.6 Å². The van der Waals surface area contributed by atoms with Gasteiger partial charge in [-0.3, -0.25) is 0 Å². The van der Waals surface area contributed by atoms with Gasteiger partial charge in [-0.25, -0.2) is 9.97 Å². The maximum absolute atomic E-state index is 6.97. The predicted octanol–water partition coefficient (Wildman–Crippen LogP) is 15.5. The average molecular weight is 772 g/mol. The van der Waals surface area contributed by atoms with Crippen molar-refractivity contribution in [1.82, 2.24) is 9.97 Å². The Kier molecular flexibility index (Phi) is 7.68. The van der Waals surface area contributed by atoms with Crippen LogP contribution in [0.1, 0.15) is 0 Å². The molecule has 0 aliphatic carbocycles.